The molecule has 4 aliphatic carbocycles. The van der Waals surface area contributed by atoms with Gasteiger partial charge in [0.05, 0.1) is 6.10 Å². The molecule has 0 aromatic rings. The summed E-state index contributed by atoms with van der Waals surface area (Å²) >= 11 is 2.97. The lowest BCUT2D eigenvalue weighted by Crippen LogP contribution is -2.70. The van der Waals surface area contributed by atoms with E-state index in [4.69, 9.17) is 4.74 Å². The van der Waals surface area contributed by atoms with Gasteiger partial charge in [-0.15, -0.1) is 0 Å². The van der Waals surface area contributed by atoms with Crippen LogP contribution < -0.4 is 0 Å². The van der Waals surface area contributed by atoms with E-state index in [1.54, 1.807) is 26.8 Å². The normalized spacial score (nSPS) is 46.1. The summed E-state index contributed by atoms with van der Waals surface area (Å²) in [6.45, 7) is 7.16. The van der Waals surface area contributed by atoms with Crippen LogP contribution in [-0.4, -0.2) is 50.1 Å². The Balaban J connectivity index is 1.84. The van der Waals surface area contributed by atoms with Gasteiger partial charge in [0.15, 0.2) is 22.1 Å². The molecule has 4 aliphatic rings. The fourth-order valence-corrected chi connectivity index (χ4v) is 8.27. The van der Waals surface area contributed by atoms with E-state index in [1.165, 1.54) is 12.2 Å². The van der Waals surface area contributed by atoms with Gasteiger partial charge in [-0.1, -0.05) is 32.4 Å². The molecule has 3 saturated carbocycles. The first-order valence-electron chi connectivity index (χ1n) is 12.2. The highest BCUT2D eigenvalue weighted by Crippen LogP contribution is 2.71. The zero-order chi connectivity index (χ0) is 25.3. The van der Waals surface area contributed by atoms with Crippen molar-refractivity contribution in [2.75, 3.05) is 0 Å². The van der Waals surface area contributed by atoms with Gasteiger partial charge in [-0.3, -0.25) is 14.4 Å². The summed E-state index contributed by atoms with van der Waals surface area (Å²) in [5.41, 5.74) is -5.27. The number of halogens is 2. The largest absolute Gasteiger partial charge is 0.450 e. The monoisotopic (exact) mass is 540 g/mol. The Morgan fingerprint density at radius 1 is 1.32 bits per heavy atom. The second kappa shape index (κ2) is 8.34. The van der Waals surface area contributed by atoms with Crippen LogP contribution in [0, 0.1) is 28.6 Å². The van der Waals surface area contributed by atoms with E-state index < -0.39 is 56.8 Å². The summed E-state index contributed by atoms with van der Waals surface area (Å²) in [6.07, 6.45) is 4.86. The number of ether oxygens (including phenoxy) is 1. The molecule has 3 fully saturated rings. The topological polar surface area (TPSA) is 101 Å². The van der Waals surface area contributed by atoms with Crippen LogP contribution >= 0.6 is 15.9 Å². The fraction of sp³-hybridized carbons (Fsp3) is 0.731. The minimum absolute atomic E-state index is 0.107. The zero-order valence-corrected chi connectivity index (χ0v) is 21.7. The number of hydrogen-bond donors (Lipinski definition) is 2. The van der Waals surface area contributed by atoms with Crippen molar-refractivity contribution in [3.05, 3.63) is 23.8 Å². The van der Waals surface area contributed by atoms with Crippen molar-refractivity contribution in [3.63, 3.8) is 0 Å². The van der Waals surface area contributed by atoms with Gasteiger partial charge < -0.3 is 14.9 Å². The number of alkyl halides is 2. The van der Waals surface area contributed by atoms with Crippen LogP contribution in [-0.2, 0) is 19.1 Å². The van der Waals surface area contributed by atoms with E-state index in [-0.39, 0.29) is 24.5 Å². The number of aliphatic hydroxyl groups excluding tert-OH is 2. The predicted octanol–water partition coefficient (Wildman–Crippen LogP) is 3.97. The fourth-order valence-electron chi connectivity index (χ4n) is 7.93. The first kappa shape index (κ1) is 25.7. The molecule has 0 aliphatic heterocycles. The Morgan fingerprint density at radius 2 is 2.00 bits per heavy atom. The van der Waals surface area contributed by atoms with Crippen molar-refractivity contribution in [2.45, 2.75) is 88.6 Å². The molecule has 188 valence electrons. The number of rotatable bonds is 5. The molecule has 34 heavy (non-hydrogen) atoms. The van der Waals surface area contributed by atoms with E-state index in [2.05, 4.69) is 15.9 Å². The van der Waals surface area contributed by atoms with Gasteiger partial charge in [0.2, 0.25) is 5.78 Å². The average molecular weight is 541 g/mol. The molecular weight excluding hydrogens is 507 g/mol. The van der Waals surface area contributed by atoms with Gasteiger partial charge in [-0.05, 0) is 73.0 Å². The molecule has 0 heterocycles. The van der Waals surface area contributed by atoms with Crippen molar-refractivity contribution in [3.8, 4) is 0 Å². The Hall–Kier alpha value is -1.38. The third kappa shape index (κ3) is 3.13. The maximum atomic E-state index is 17.3. The van der Waals surface area contributed by atoms with Crippen LogP contribution in [0.1, 0.15) is 66.2 Å². The highest BCUT2D eigenvalue weighted by atomic mass is 79.9. The SMILES string of the molecule is CCCC(=O)O[C@]1(C(=O)C(O)Br)[C@H](C)C[C@H]2[C@@H]3CCC4=CC(=O)C=C[C@]4(C)[C@@]3(F)[C@@H](O)C[C@@]21C. The number of hydrogen-bond acceptors (Lipinski definition) is 6. The van der Waals surface area contributed by atoms with E-state index in [9.17, 15) is 24.6 Å². The number of ketones is 2. The van der Waals surface area contributed by atoms with Gasteiger partial charge in [-0.2, -0.15) is 0 Å². The molecule has 6 nitrogen and oxygen atoms in total. The Bertz CT molecular complexity index is 976. The molecule has 0 radical (unpaired) electrons. The molecule has 0 spiro atoms. The third-order valence-electron chi connectivity index (χ3n) is 9.49. The lowest BCUT2D eigenvalue weighted by molar-refractivity contribution is -0.228. The molecule has 0 saturated heterocycles. The first-order chi connectivity index (χ1) is 15.8. The van der Waals surface area contributed by atoms with Crippen LogP contribution in [0.5, 0.6) is 0 Å². The second-order valence-electron chi connectivity index (χ2n) is 11.1. The molecule has 0 bridgehead atoms. The van der Waals surface area contributed by atoms with E-state index in [1.807, 2.05) is 6.92 Å². The third-order valence-corrected chi connectivity index (χ3v) is 9.91. The maximum Gasteiger partial charge on any atom is 0.306 e. The smallest absolute Gasteiger partial charge is 0.306 e. The van der Waals surface area contributed by atoms with E-state index in [0.29, 0.717) is 31.3 Å². The van der Waals surface area contributed by atoms with Crippen molar-refractivity contribution in [1.29, 1.82) is 0 Å². The van der Waals surface area contributed by atoms with Gasteiger partial charge in [-0.25, -0.2) is 4.39 Å². The van der Waals surface area contributed by atoms with Crippen LogP contribution in [0.15, 0.2) is 23.8 Å². The highest BCUT2D eigenvalue weighted by molar-refractivity contribution is 9.09. The summed E-state index contributed by atoms with van der Waals surface area (Å²) in [4.78, 5) is 38.3. The number of esters is 1. The Labute approximate surface area is 208 Å². The van der Waals surface area contributed by atoms with Crippen molar-refractivity contribution in [2.24, 2.45) is 28.6 Å². The van der Waals surface area contributed by atoms with Crippen molar-refractivity contribution in [1.82, 2.24) is 0 Å². The first-order valence-corrected chi connectivity index (χ1v) is 13.1. The minimum atomic E-state index is -2.04. The number of carbonyl (C=O) groups is 3. The summed E-state index contributed by atoms with van der Waals surface area (Å²) in [6, 6.07) is 0. The molecule has 1 unspecified atom stereocenters. The van der Waals surface area contributed by atoms with Gasteiger partial charge in [0, 0.05) is 29.1 Å². The van der Waals surface area contributed by atoms with Crippen molar-refractivity contribution < 1.29 is 33.7 Å². The Morgan fingerprint density at radius 3 is 2.62 bits per heavy atom. The molecule has 4 rings (SSSR count). The van der Waals surface area contributed by atoms with Crippen LogP contribution in [0.3, 0.4) is 0 Å². The molecule has 0 amide bonds. The second-order valence-corrected chi connectivity index (χ2v) is 11.9. The molecule has 2 N–H and O–H groups in total. The quantitative estimate of drug-likeness (QED) is 0.404. The summed E-state index contributed by atoms with van der Waals surface area (Å²) in [5.74, 6) is -2.86. The van der Waals surface area contributed by atoms with Gasteiger partial charge in [0.1, 0.15) is 0 Å². The molecule has 8 heteroatoms. The van der Waals surface area contributed by atoms with Gasteiger partial charge in [0.25, 0.3) is 0 Å². The zero-order valence-electron chi connectivity index (χ0n) is 20.1. The van der Waals surface area contributed by atoms with Crippen molar-refractivity contribution >= 4 is 33.5 Å². The van der Waals surface area contributed by atoms with E-state index in [0.717, 1.165) is 0 Å². The molecular formula is C26H34BrFO6. The minimum Gasteiger partial charge on any atom is -0.450 e. The van der Waals surface area contributed by atoms with E-state index >= 15 is 4.39 Å². The standard InChI is InChI=1S/C26H34BrFO6/c1-5-6-20(31)34-26(21(32)22(27)33)14(2)11-18-17-8-7-15-12-16(29)9-10-23(15,3)25(17,28)19(30)13-24(18,26)4/h9-10,12,14,17-19,22,30,33H,5-8,11,13H2,1-4H3/t14-,17+,18+,19+,22?,23+,24+,25+,26+/m1/s1. The summed E-state index contributed by atoms with van der Waals surface area (Å²) in [5, 5.41) is 20.2. The number of Topliss-reactive ketones (excluding diaryl/α,β-unsaturated/α-hetero) is 1. The molecule has 0 aromatic heterocycles. The lowest BCUT2D eigenvalue weighted by atomic mass is 9.44. The van der Waals surface area contributed by atoms with Gasteiger partial charge >= 0.3 is 5.97 Å². The highest BCUT2D eigenvalue weighted by Gasteiger charge is 2.77. The Kier molecular flexibility index (Phi) is 6.31. The van der Waals surface area contributed by atoms with Crippen LogP contribution in [0.4, 0.5) is 4.39 Å². The maximum absolute atomic E-state index is 17.3. The molecule has 0 aromatic carbocycles. The number of aliphatic hydroxyl groups is 2. The van der Waals surface area contributed by atoms with Crippen LogP contribution in [0.25, 0.3) is 0 Å². The summed E-state index contributed by atoms with van der Waals surface area (Å²) < 4.78 is 23.3. The predicted molar refractivity (Wildman–Crippen MR) is 127 cm³/mol. The summed E-state index contributed by atoms with van der Waals surface area (Å²) in [7, 11) is 0. The number of fused-ring (bicyclic) bond motifs is 5. The lowest BCUT2D eigenvalue weighted by Gasteiger charge is -2.62. The molecule has 9 atom stereocenters. The van der Waals surface area contributed by atoms with Crippen LogP contribution in [0.2, 0.25) is 0 Å². The number of allylic oxidation sites excluding steroid dienone is 4. The average Bonchev–Trinajstić information content (AvgIpc) is 2.96. The number of carbonyl (C=O) groups excluding carboxylic acids is 3.